The van der Waals surface area contributed by atoms with Crippen LogP contribution in [0.2, 0.25) is 0 Å². The second-order valence-corrected chi connectivity index (χ2v) is 4.62. The van der Waals surface area contributed by atoms with Crippen LogP contribution in [-0.4, -0.2) is 19.7 Å². The molecule has 1 aromatic carbocycles. The molecular weight excluding hydrogens is 198 g/mol. The Morgan fingerprint density at radius 1 is 1.19 bits per heavy atom. The van der Waals surface area contributed by atoms with Gasteiger partial charge in [-0.1, -0.05) is 44.2 Å². The topological polar surface area (TPSA) is 21.3 Å². The van der Waals surface area contributed by atoms with Gasteiger partial charge in [-0.3, -0.25) is 0 Å². The van der Waals surface area contributed by atoms with Crippen LogP contribution < -0.4 is 5.32 Å². The molecule has 0 aromatic heterocycles. The predicted molar refractivity (Wildman–Crippen MR) is 68.4 cm³/mol. The molecule has 0 saturated carbocycles. The molecule has 0 radical (unpaired) electrons. The van der Waals surface area contributed by atoms with E-state index in [1.54, 1.807) is 0 Å². The first-order chi connectivity index (χ1) is 7.72. The number of ether oxygens (including phenoxy) is 1. The molecule has 0 aliphatic rings. The number of hydrogen-bond acceptors (Lipinski definition) is 2. The van der Waals surface area contributed by atoms with Gasteiger partial charge in [-0.25, -0.2) is 0 Å². The van der Waals surface area contributed by atoms with Gasteiger partial charge >= 0.3 is 0 Å². The molecule has 0 saturated heterocycles. The van der Waals surface area contributed by atoms with E-state index in [0.29, 0.717) is 18.6 Å². The van der Waals surface area contributed by atoms with Crippen molar-refractivity contribution in [1.29, 1.82) is 0 Å². The van der Waals surface area contributed by atoms with E-state index in [4.69, 9.17) is 4.74 Å². The van der Waals surface area contributed by atoms with E-state index in [0.717, 1.165) is 13.0 Å². The van der Waals surface area contributed by atoms with Gasteiger partial charge in [0.25, 0.3) is 0 Å². The van der Waals surface area contributed by atoms with Crippen molar-refractivity contribution in [3.8, 4) is 0 Å². The molecule has 0 heterocycles. The molecule has 2 nitrogen and oxygen atoms in total. The third-order valence-corrected chi connectivity index (χ3v) is 2.59. The Bertz CT molecular complexity index is 271. The zero-order valence-electron chi connectivity index (χ0n) is 10.6. The highest BCUT2D eigenvalue weighted by Gasteiger charge is 2.08. The largest absolute Gasteiger partial charge is 0.375 e. The van der Waals surface area contributed by atoms with Gasteiger partial charge in [0, 0.05) is 6.04 Å². The summed E-state index contributed by atoms with van der Waals surface area (Å²) < 4.78 is 5.71. The van der Waals surface area contributed by atoms with Crippen LogP contribution in [0.25, 0.3) is 0 Å². The van der Waals surface area contributed by atoms with Crippen LogP contribution in [0, 0.1) is 5.92 Å². The van der Waals surface area contributed by atoms with Gasteiger partial charge in [0.1, 0.15) is 0 Å². The molecule has 0 aliphatic heterocycles. The molecule has 0 bridgehead atoms. The molecular formula is C14H23NO. The van der Waals surface area contributed by atoms with E-state index in [1.165, 1.54) is 5.56 Å². The molecule has 0 spiro atoms. The minimum atomic E-state index is 0.462. The van der Waals surface area contributed by atoms with Gasteiger partial charge in [-0.2, -0.15) is 0 Å². The Kier molecular flexibility index (Phi) is 6.12. The van der Waals surface area contributed by atoms with Crippen molar-refractivity contribution in [3.63, 3.8) is 0 Å². The summed E-state index contributed by atoms with van der Waals surface area (Å²) in [4.78, 5) is 0. The Balaban J connectivity index is 2.23. The summed E-state index contributed by atoms with van der Waals surface area (Å²) in [6.07, 6.45) is 1.16. The smallest absolute Gasteiger partial charge is 0.0717 e. The van der Waals surface area contributed by atoms with Crippen LogP contribution in [-0.2, 0) is 11.3 Å². The highest BCUT2D eigenvalue weighted by atomic mass is 16.5. The highest BCUT2D eigenvalue weighted by Crippen LogP contribution is 2.06. The fraction of sp³-hybridized carbons (Fsp3) is 0.571. The third kappa shape index (κ3) is 5.29. The predicted octanol–water partition coefficient (Wildman–Crippen LogP) is 2.84. The van der Waals surface area contributed by atoms with Crippen LogP contribution in [0.15, 0.2) is 30.3 Å². The first kappa shape index (κ1) is 13.2. The van der Waals surface area contributed by atoms with E-state index in [9.17, 15) is 0 Å². The monoisotopic (exact) mass is 221 g/mol. The van der Waals surface area contributed by atoms with Crippen molar-refractivity contribution in [1.82, 2.24) is 5.32 Å². The highest BCUT2D eigenvalue weighted by molar-refractivity contribution is 5.13. The zero-order valence-corrected chi connectivity index (χ0v) is 10.6. The minimum Gasteiger partial charge on any atom is -0.375 e. The first-order valence-electron chi connectivity index (χ1n) is 6.01. The normalized spacial score (nSPS) is 13.0. The third-order valence-electron chi connectivity index (χ3n) is 2.59. The van der Waals surface area contributed by atoms with Gasteiger partial charge in [-0.15, -0.1) is 0 Å². The lowest BCUT2D eigenvalue weighted by Gasteiger charge is -2.18. The quantitative estimate of drug-likeness (QED) is 0.764. The average Bonchev–Trinajstić information content (AvgIpc) is 2.28. The van der Waals surface area contributed by atoms with Crippen LogP contribution in [0.3, 0.4) is 0 Å². The standard InChI is InChI=1S/C14H23NO/c1-12(2)9-14(15-3)11-16-10-13-7-5-4-6-8-13/h4-8,12,14-15H,9-11H2,1-3H3/t14-/m1/s1. The second kappa shape index (κ2) is 7.42. The van der Waals surface area contributed by atoms with Crippen molar-refractivity contribution in [2.75, 3.05) is 13.7 Å². The summed E-state index contributed by atoms with van der Waals surface area (Å²) in [6.45, 7) is 5.96. The molecule has 1 atom stereocenters. The van der Waals surface area contributed by atoms with Crippen LogP contribution in [0.4, 0.5) is 0 Å². The minimum absolute atomic E-state index is 0.462. The molecule has 0 unspecified atom stereocenters. The van der Waals surface area contributed by atoms with E-state index in [1.807, 2.05) is 25.2 Å². The van der Waals surface area contributed by atoms with Crippen molar-refractivity contribution in [2.24, 2.45) is 5.92 Å². The Labute approximate surface area is 99.0 Å². The second-order valence-electron chi connectivity index (χ2n) is 4.62. The Hall–Kier alpha value is -0.860. The fourth-order valence-electron chi connectivity index (χ4n) is 1.73. The van der Waals surface area contributed by atoms with Crippen molar-refractivity contribution in [3.05, 3.63) is 35.9 Å². The number of likely N-dealkylation sites (N-methyl/N-ethyl adjacent to an activating group) is 1. The molecule has 16 heavy (non-hydrogen) atoms. The molecule has 1 aromatic rings. The number of benzene rings is 1. The molecule has 2 heteroatoms. The lowest BCUT2D eigenvalue weighted by Crippen LogP contribution is -2.31. The number of hydrogen-bond donors (Lipinski definition) is 1. The van der Waals surface area contributed by atoms with Crippen molar-refractivity contribution >= 4 is 0 Å². The van der Waals surface area contributed by atoms with Crippen LogP contribution in [0.1, 0.15) is 25.8 Å². The summed E-state index contributed by atoms with van der Waals surface area (Å²) >= 11 is 0. The van der Waals surface area contributed by atoms with Crippen molar-refractivity contribution in [2.45, 2.75) is 32.9 Å². The van der Waals surface area contributed by atoms with E-state index in [-0.39, 0.29) is 0 Å². The summed E-state index contributed by atoms with van der Waals surface area (Å²) in [5.74, 6) is 0.706. The molecule has 1 N–H and O–H groups in total. The van der Waals surface area contributed by atoms with E-state index < -0.39 is 0 Å². The van der Waals surface area contributed by atoms with Gasteiger partial charge in [0.05, 0.1) is 13.2 Å². The van der Waals surface area contributed by atoms with E-state index >= 15 is 0 Å². The average molecular weight is 221 g/mol. The lowest BCUT2D eigenvalue weighted by molar-refractivity contribution is 0.0949. The van der Waals surface area contributed by atoms with Crippen LogP contribution >= 0.6 is 0 Å². The molecule has 0 aliphatic carbocycles. The first-order valence-corrected chi connectivity index (χ1v) is 6.01. The van der Waals surface area contributed by atoms with Crippen molar-refractivity contribution < 1.29 is 4.74 Å². The summed E-state index contributed by atoms with van der Waals surface area (Å²) in [6, 6.07) is 10.8. The summed E-state index contributed by atoms with van der Waals surface area (Å²) in [5, 5.41) is 3.29. The number of rotatable bonds is 7. The number of nitrogens with one attached hydrogen (secondary N) is 1. The molecule has 0 amide bonds. The maximum absolute atomic E-state index is 5.71. The van der Waals surface area contributed by atoms with Gasteiger partial charge in [0.15, 0.2) is 0 Å². The molecule has 90 valence electrons. The molecule has 1 rings (SSSR count). The van der Waals surface area contributed by atoms with Gasteiger partial charge in [-0.05, 0) is 24.9 Å². The zero-order chi connectivity index (χ0) is 11.8. The van der Waals surface area contributed by atoms with Gasteiger partial charge in [0.2, 0.25) is 0 Å². The summed E-state index contributed by atoms with van der Waals surface area (Å²) in [7, 11) is 2.00. The Morgan fingerprint density at radius 3 is 2.44 bits per heavy atom. The maximum Gasteiger partial charge on any atom is 0.0717 e. The van der Waals surface area contributed by atoms with Crippen LogP contribution in [0.5, 0.6) is 0 Å². The molecule has 0 fully saturated rings. The van der Waals surface area contributed by atoms with Gasteiger partial charge < -0.3 is 10.1 Å². The Morgan fingerprint density at radius 2 is 1.88 bits per heavy atom. The SMILES string of the molecule is CN[C@@H](COCc1ccccc1)CC(C)C. The lowest BCUT2D eigenvalue weighted by atomic mass is 10.0. The summed E-state index contributed by atoms with van der Waals surface area (Å²) in [5.41, 5.74) is 1.24. The van der Waals surface area contributed by atoms with E-state index in [2.05, 4.69) is 31.3 Å². The maximum atomic E-state index is 5.71. The fourth-order valence-corrected chi connectivity index (χ4v) is 1.73.